The van der Waals surface area contributed by atoms with E-state index in [0.29, 0.717) is 5.82 Å². The molecule has 8 heteroatoms. The maximum absolute atomic E-state index is 4.58. The SMILES string of the molecule is CC(C)(C)c1ccnc(-c2[c-]ccc(-c3ccc(-c4ccccc4)cc3)c2)c1.[Ir].[Ir].[Ir].[c-]1ccc(-c2ccccc2)cc1-c1ncccn1.[c-]1ccc(-n2c3ccc(-c4ccccc4)cc3c3cc(-c4ccccc4)ccc32)cc1-c1ccccn1. The van der Waals surface area contributed by atoms with Gasteiger partial charge in [0.25, 0.3) is 0 Å². The Labute approximate surface area is 545 Å². The minimum absolute atomic E-state index is 0. The molecular formula is C78H58Ir3N5-3. The smallest absolute Gasteiger partial charge is 0.0748 e. The second-order valence-corrected chi connectivity index (χ2v) is 21.3. The van der Waals surface area contributed by atoms with Crippen LogP contribution < -0.4 is 0 Å². The minimum atomic E-state index is 0. The normalized spacial score (nSPS) is 10.7. The Hall–Kier alpha value is -8.67. The summed E-state index contributed by atoms with van der Waals surface area (Å²) in [6.45, 7) is 6.67. The van der Waals surface area contributed by atoms with E-state index in [2.05, 4.69) is 264 Å². The fourth-order valence-corrected chi connectivity index (χ4v) is 10.4. The second kappa shape index (κ2) is 28.9. The Kier molecular flexibility index (Phi) is 20.8. The van der Waals surface area contributed by atoms with Crippen LogP contribution in [0.15, 0.2) is 298 Å². The molecule has 0 aliphatic heterocycles. The van der Waals surface area contributed by atoms with E-state index < -0.39 is 0 Å². The predicted molar refractivity (Wildman–Crippen MR) is 344 cm³/mol. The van der Waals surface area contributed by atoms with E-state index >= 15 is 0 Å². The van der Waals surface area contributed by atoms with E-state index in [1.54, 1.807) is 12.4 Å². The first-order chi connectivity index (χ1) is 40.8. The molecule has 14 rings (SSSR count). The number of rotatable bonds is 9. The van der Waals surface area contributed by atoms with Gasteiger partial charge in [-0.1, -0.05) is 197 Å². The molecule has 0 bridgehead atoms. The topological polar surface area (TPSA) is 56.5 Å². The van der Waals surface area contributed by atoms with Crippen LogP contribution in [0.2, 0.25) is 0 Å². The molecule has 0 N–H and O–H groups in total. The van der Waals surface area contributed by atoms with E-state index in [9.17, 15) is 0 Å². The fourth-order valence-electron chi connectivity index (χ4n) is 10.4. The van der Waals surface area contributed by atoms with Gasteiger partial charge in [-0.3, -0.25) is 9.97 Å². The first-order valence-electron chi connectivity index (χ1n) is 27.9. The summed E-state index contributed by atoms with van der Waals surface area (Å²) in [7, 11) is 0. The molecule has 0 aliphatic carbocycles. The number of aromatic nitrogens is 5. The maximum Gasteiger partial charge on any atom is 0.0748 e. The van der Waals surface area contributed by atoms with Crippen molar-refractivity contribution in [2.45, 2.75) is 26.2 Å². The number of pyridine rings is 2. The van der Waals surface area contributed by atoms with E-state index in [-0.39, 0.29) is 65.7 Å². The van der Waals surface area contributed by atoms with Gasteiger partial charge in [0.15, 0.2) is 0 Å². The summed E-state index contributed by atoms with van der Waals surface area (Å²) in [4.78, 5) is 17.6. The minimum Gasteiger partial charge on any atom is -0.327 e. The van der Waals surface area contributed by atoms with Crippen molar-refractivity contribution in [3.8, 4) is 95.2 Å². The van der Waals surface area contributed by atoms with Gasteiger partial charge in [-0.15, -0.1) is 101 Å². The standard InChI is InChI=1S/C35H23N2.C27H24N.C16H11N2.3Ir/c1-3-10-25(11-4-1)27-17-19-34-31(23-27)32-24-28(26-12-5-2-6-13-26)18-20-35(32)37(34)30-15-9-14-29(22-30)33-16-7-8-21-36-33;1-27(2,3)25-16-17-28-26(19-25)24-11-7-10-23(18-24)22-14-12-21(13-15-22)20-8-5-4-6-9-20;1-2-6-13(7-3-1)14-8-4-9-15(12-14)16-17-10-5-11-18-16;;;/h1-13,15-24H;4-10,12-19H,1-3H3;1-8,10-12H;;;/q3*-1;;;. The van der Waals surface area contributed by atoms with E-state index in [1.165, 1.54) is 77.4 Å². The summed E-state index contributed by atoms with van der Waals surface area (Å²) < 4.78 is 2.36. The predicted octanol–water partition coefficient (Wildman–Crippen LogP) is 19.8. The molecule has 0 spiro atoms. The van der Waals surface area contributed by atoms with Crippen LogP contribution >= 0.6 is 0 Å². The van der Waals surface area contributed by atoms with E-state index in [4.69, 9.17) is 0 Å². The molecule has 3 radical (unpaired) electrons. The van der Waals surface area contributed by atoms with Crippen LogP contribution in [-0.2, 0) is 65.7 Å². The summed E-state index contributed by atoms with van der Waals surface area (Å²) in [6, 6.07) is 105. The molecule has 0 amide bonds. The molecular weight excluding hydrogens is 1580 g/mol. The van der Waals surface area contributed by atoms with Gasteiger partial charge in [0.1, 0.15) is 0 Å². The zero-order valence-corrected chi connectivity index (χ0v) is 54.7. The van der Waals surface area contributed by atoms with Crippen molar-refractivity contribution >= 4 is 21.8 Å². The van der Waals surface area contributed by atoms with E-state index in [1.807, 2.05) is 85.2 Å². The first kappa shape index (κ1) is 61.9. The molecule has 425 valence electrons. The number of hydrogen-bond acceptors (Lipinski definition) is 4. The number of nitrogens with zero attached hydrogens (tertiary/aromatic N) is 5. The van der Waals surface area contributed by atoms with Crippen LogP contribution in [0.3, 0.4) is 0 Å². The third-order valence-electron chi connectivity index (χ3n) is 14.7. The molecule has 0 saturated heterocycles. The van der Waals surface area contributed by atoms with Crippen molar-refractivity contribution in [1.29, 1.82) is 0 Å². The Morgan fingerprint density at radius 1 is 0.302 bits per heavy atom. The van der Waals surface area contributed by atoms with Crippen molar-refractivity contribution < 1.29 is 60.3 Å². The van der Waals surface area contributed by atoms with Crippen LogP contribution in [0.1, 0.15) is 26.3 Å². The molecule has 0 unspecified atom stereocenters. The molecule has 4 aromatic heterocycles. The second-order valence-electron chi connectivity index (χ2n) is 21.3. The Morgan fingerprint density at radius 3 is 1.20 bits per heavy atom. The number of hydrogen-bond donors (Lipinski definition) is 0. The Balaban J connectivity index is 0.000000160. The average molecular weight is 1640 g/mol. The fraction of sp³-hybridized carbons (Fsp3) is 0.0513. The van der Waals surface area contributed by atoms with Gasteiger partial charge >= 0.3 is 0 Å². The molecule has 0 saturated carbocycles. The summed E-state index contributed by atoms with van der Waals surface area (Å²) in [5.41, 5.74) is 21.7. The first-order valence-corrected chi connectivity index (χ1v) is 27.9. The summed E-state index contributed by atoms with van der Waals surface area (Å²) in [5.74, 6) is 0.704. The Bertz CT molecular complexity index is 4290. The zero-order valence-electron chi connectivity index (χ0n) is 47.5. The maximum atomic E-state index is 4.58. The summed E-state index contributed by atoms with van der Waals surface area (Å²) in [6.07, 6.45) is 7.20. The van der Waals surface area contributed by atoms with Crippen LogP contribution in [0.5, 0.6) is 0 Å². The van der Waals surface area contributed by atoms with Gasteiger partial charge in [0.2, 0.25) is 0 Å². The van der Waals surface area contributed by atoms with Gasteiger partial charge in [-0.25, -0.2) is 0 Å². The molecule has 4 heterocycles. The zero-order chi connectivity index (χ0) is 56.4. The third-order valence-corrected chi connectivity index (χ3v) is 14.7. The van der Waals surface area contributed by atoms with Crippen LogP contribution in [0.25, 0.3) is 117 Å². The van der Waals surface area contributed by atoms with E-state index in [0.717, 1.165) is 39.3 Å². The van der Waals surface area contributed by atoms with Crippen molar-refractivity contribution in [3.05, 3.63) is 322 Å². The van der Waals surface area contributed by atoms with Crippen LogP contribution in [-0.4, -0.2) is 24.5 Å². The average Bonchev–Trinajstić information content (AvgIpc) is 1.71. The molecule has 0 aliphatic rings. The van der Waals surface area contributed by atoms with Crippen molar-refractivity contribution in [2.75, 3.05) is 0 Å². The molecule has 86 heavy (non-hydrogen) atoms. The number of benzene rings is 10. The van der Waals surface area contributed by atoms with Crippen molar-refractivity contribution in [2.24, 2.45) is 0 Å². The number of fused-ring (bicyclic) bond motifs is 3. The Morgan fingerprint density at radius 2 is 0.698 bits per heavy atom. The largest absolute Gasteiger partial charge is 0.327 e. The summed E-state index contributed by atoms with van der Waals surface area (Å²) in [5, 5.41) is 2.47. The third kappa shape index (κ3) is 14.5. The molecule has 10 aromatic carbocycles. The molecule has 0 atom stereocenters. The molecule has 14 aromatic rings. The van der Waals surface area contributed by atoms with Crippen LogP contribution in [0.4, 0.5) is 0 Å². The van der Waals surface area contributed by atoms with Gasteiger partial charge in [-0.05, 0) is 115 Å². The van der Waals surface area contributed by atoms with Gasteiger partial charge in [-0.2, -0.15) is 0 Å². The van der Waals surface area contributed by atoms with Gasteiger partial charge < -0.3 is 14.5 Å². The van der Waals surface area contributed by atoms with Gasteiger partial charge in [0.05, 0.1) is 16.9 Å². The van der Waals surface area contributed by atoms with Crippen molar-refractivity contribution in [3.63, 3.8) is 0 Å². The van der Waals surface area contributed by atoms with Gasteiger partial charge in [0, 0.05) is 95.9 Å². The molecule has 5 nitrogen and oxygen atoms in total. The summed E-state index contributed by atoms with van der Waals surface area (Å²) >= 11 is 0. The quantitative estimate of drug-likeness (QED) is 0.135. The van der Waals surface area contributed by atoms with Crippen LogP contribution in [0, 0.1) is 18.2 Å². The molecule has 0 fully saturated rings. The monoisotopic (exact) mass is 1640 g/mol. The van der Waals surface area contributed by atoms with Crippen molar-refractivity contribution in [1.82, 2.24) is 24.5 Å².